The van der Waals surface area contributed by atoms with E-state index >= 15 is 0 Å². The summed E-state index contributed by atoms with van der Waals surface area (Å²) in [5, 5.41) is 4.90. The first-order chi connectivity index (χ1) is 11.8. The standard InChI is InChI=1S/C12H14Br6N2O6/c1-2-7(21)25-3-4-26-8(22)5-6(19-9(23)11(13,14)15)20-10(24)12(16,17)18/h6H,2-5H2,1H3,(H,19,23)(H,20,24). The molecule has 0 aliphatic heterocycles. The fourth-order valence-electron chi connectivity index (χ4n) is 1.26. The smallest absolute Gasteiger partial charge is 0.309 e. The summed E-state index contributed by atoms with van der Waals surface area (Å²) in [6.45, 7) is 1.42. The van der Waals surface area contributed by atoms with Crippen LogP contribution in [0.2, 0.25) is 0 Å². The van der Waals surface area contributed by atoms with E-state index in [1.165, 1.54) is 0 Å². The Balaban J connectivity index is 4.74. The first kappa shape index (κ1) is 26.8. The lowest BCUT2D eigenvalue weighted by atomic mass is 10.3. The molecule has 150 valence electrons. The van der Waals surface area contributed by atoms with E-state index in [0.29, 0.717) is 0 Å². The highest BCUT2D eigenvalue weighted by Gasteiger charge is 2.35. The molecule has 0 saturated heterocycles. The molecule has 0 unspecified atom stereocenters. The van der Waals surface area contributed by atoms with Crippen LogP contribution in [0.15, 0.2) is 0 Å². The molecular weight excluding hydrogens is 748 g/mol. The normalized spacial score (nSPS) is 11.7. The van der Waals surface area contributed by atoms with Crippen molar-refractivity contribution in [1.82, 2.24) is 10.6 Å². The Kier molecular flexibility index (Phi) is 12.7. The predicted molar refractivity (Wildman–Crippen MR) is 116 cm³/mol. The number of hydrogen-bond donors (Lipinski definition) is 2. The van der Waals surface area contributed by atoms with Crippen molar-refractivity contribution >= 4 is 119 Å². The van der Waals surface area contributed by atoms with E-state index in [9.17, 15) is 19.2 Å². The Morgan fingerprint density at radius 3 is 1.54 bits per heavy atom. The molecule has 0 spiro atoms. The van der Waals surface area contributed by atoms with Crippen LogP contribution in [0, 0.1) is 0 Å². The molecule has 0 fully saturated rings. The Bertz CT molecular complexity index is 505. The number of nitrogens with one attached hydrogen (secondary N) is 2. The quantitative estimate of drug-likeness (QED) is 0.171. The van der Waals surface area contributed by atoms with Gasteiger partial charge in [-0.1, -0.05) is 6.92 Å². The Hall–Kier alpha value is 0.760. The van der Waals surface area contributed by atoms with E-state index in [2.05, 4.69) is 106 Å². The van der Waals surface area contributed by atoms with Gasteiger partial charge >= 0.3 is 11.9 Å². The molecule has 0 aliphatic carbocycles. The minimum atomic E-state index is -1.28. The van der Waals surface area contributed by atoms with Crippen molar-refractivity contribution in [1.29, 1.82) is 0 Å². The molecule has 0 radical (unpaired) electrons. The van der Waals surface area contributed by atoms with E-state index < -0.39 is 34.2 Å². The SMILES string of the molecule is CCC(=O)OCCOC(=O)CC(NC(=O)C(Br)(Br)Br)NC(=O)C(Br)(Br)Br. The van der Waals surface area contributed by atoms with Crippen LogP contribution in [0.4, 0.5) is 0 Å². The van der Waals surface area contributed by atoms with Gasteiger partial charge in [-0.3, -0.25) is 19.2 Å². The lowest BCUT2D eigenvalue weighted by Gasteiger charge is -2.24. The zero-order valence-corrected chi connectivity index (χ0v) is 22.6. The van der Waals surface area contributed by atoms with E-state index in [1.807, 2.05) is 0 Å². The molecule has 0 aromatic heterocycles. The molecule has 0 saturated carbocycles. The number of amides is 2. The maximum Gasteiger partial charge on any atom is 0.309 e. The zero-order chi connectivity index (χ0) is 20.5. The Labute approximate surface area is 200 Å². The van der Waals surface area contributed by atoms with Crippen molar-refractivity contribution in [2.24, 2.45) is 0 Å². The highest BCUT2D eigenvalue weighted by molar-refractivity contribution is 9.40. The van der Waals surface area contributed by atoms with Crippen molar-refractivity contribution in [2.45, 2.75) is 30.2 Å². The van der Waals surface area contributed by atoms with E-state index in [-0.39, 0.29) is 26.1 Å². The van der Waals surface area contributed by atoms with Crippen LogP contribution in [-0.2, 0) is 28.7 Å². The molecule has 0 bridgehead atoms. The average molecular weight is 762 g/mol. The van der Waals surface area contributed by atoms with Gasteiger partial charge in [0.25, 0.3) is 11.8 Å². The van der Waals surface area contributed by atoms with E-state index in [1.54, 1.807) is 6.92 Å². The van der Waals surface area contributed by atoms with Crippen LogP contribution in [0.25, 0.3) is 0 Å². The third-order valence-corrected chi connectivity index (χ3v) is 4.56. The largest absolute Gasteiger partial charge is 0.462 e. The summed E-state index contributed by atoms with van der Waals surface area (Å²) in [6.07, 6.45) is -1.21. The fourth-order valence-corrected chi connectivity index (χ4v) is 1.94. The van der Waals surface area contributed by atoms with Crippen LogP contribution >= 0.6 is 95.6 Å². The molecule has 0 rings (SSSR count). The number of alkyl halides is 6. The van der Waals surface area contributed by atoms with Gasteiger partial charge in [-0.25, -0.2) is 0 Å². The van der Waals surface area contributed by atoms with Gasteiger partial charge in [-0.2, -0.15) is 0 Å². The monoisotopic (exact) mass is 756 g/mol. The Morgan fingerprint density at radius 1 is 0.808 bits per heavy atom. The van der Waals surface area contributed by atoms with E-state index in [0.717, 1.165) is 0 Å². The van der Waals surface area contributed by atoms with Gasteiger partial charge in [0, 0.05) is 6.42 Å². The molecule has 0 atom stereocenters. The molecule has 0 aliphatic rings. The van der Waals surface area contributed by atoms with Gasteiger partial charge in [-0.15, -0.1) is 0 Å². The molecule has 2 amide bonds. The van der Waals surface area contributed by atoms with Gasteiger partial charge < -0.3 is 20.1 Å². The lowest BCUT2D eigenvalue weighted by molar-refractivity contribution is -0.152. The third-order valence-electron chi connectivity index (χ3n) is 2.39. The second kappa shape index (κ2) is 12.3. The summed E-state index contributed by atoms with van der Waals surface area (Å²) in [7, 11) is 0. The Morgan fingerprint density at radius 2 is 1.19 bits per heavy atom. The van der Waals surface area contributed by atoms with Crippen LogP contribution < -0.4 is 10.6 Å². The van der Waals surface area contributed by atoms with Gasteiger partial charge in [-0.05, 0) is 95.6 Å². The van der Waals surface area contributed by atoms with Crippen molar-refractivity contribution < 1.29 is 28.7 Å². The van der Waals surface area contributed by atoms with Crippen molar-refractivity contribution in [3.05, 3.63) is 0 Å². The second-order valence-electron chi connectivity index (χ2n) is 4.49. The van der Waals surface area contributed by atoms with Crippen LogP contribution in [-0.4, -0.2) is 47.4 Å². The number of hydrogen-bond acceptors (Lipinski definition) is 6. The molecular formula is C12H14Br6N2O6. The molecule has 8 nitrogen and oxygen atoms in total. The summed E-state index contributed by atoms with van der Waals surface area (Å²) in [5.74, 6) is -2.32. The maximum atomic E-state index is 12.0. The van der Waals surface area contributed by atoms with Crippen LogP contribution in [0.3, 0.4) is 0 Å². The van der Waals surface area contributed by atoms with Crippen molar-refractivity contribution in [3.63, 3.8) is 0 Å². The van der Waals surface area contributed by atoms with Gasteiger partial charge in [0.1, 0.15) is 19.4 Å². The number of carbonyl (C=O) groups is 4. The van der Waals surface area contributed by atoms with Crippen LogP contribution in [0.5, 0.6) is 0 Å². The number of carbonyl (C=O) groups excluding carboxylic acids is 4. The lowest BCUT2D eigenvalue weighted by Crippen LogP contribution is -2.53. The number of esters is 2. The highest BCUT2D eigenvalue weighted by atomic mass is 80.0. The molecule has 26 heavy (non-hydrogen) atoms. The zero-order valence-electron chi connectivity index (χ0n) is 13.1. The minimum absolute atomic E-state index is 0.0809. The van der Waals surface area contributed by atoms with Crippen molar-refractivity contribution in [3.8, 4) is 0 Å². The first-order valence-electron chi connectivity index (χ1n) is 6.84. The maximum absolute atomic E-state index is 12.0. The minimum Gasteiger partial charge on any atom is -0.462 e. The van der Waals surface area contributed by atoms with E-state index in [4.69, 9.17) is 9.47 Å². The number of halogens is 6. The number of rotatable bonds is 8. The second-order valence-corrected chi connectivity index (χ2v) is 18.0. The summed E-state index contributed by atoms with van der Waals surface area (Å²) >= 11 is 18.2. The molecule has 14 heteroatoms. The average Bonchev–Trinajstić information content (AvgIpc) is 2.49. The highest BCUT2D eigenvalue weighted by Crippen LogP contribution is 2.34. The third kappa shape index (κ3) is 12.3. The summed E-state index contributed by atoms with van der Waals surface area (Å²) in [4.78, 5) is 46.9. The molecule has 0 aromatic rings. The summed E-state index contributed by atoms with van der Waals surface area (Å²) in [6, 6.07) is 0. The van der Waals surface area contributed by atoms with Crippen LogP contribution in [0.1, 0.15) is 19.8 Å². The molecule has 0 heterocycles. The van der Waals surface area contributed by atoms with Gasteiger partial charge in [0.05, 0.1) is 6.42 Å². The van der Waals surface area contributed by atoms with Crippen molar-refractivity contribution in [2.75, 3.05) is 13.2 Å². The topological polar surface area (TPSA) is 111 Å². The first-order valence-corrected chi connectivity index (χ1v) is 11.6. The summed E-state index contributed by atoms with van der Waals surface area (Å²) in [5.41, 5.74) is 0. The van der Waals surface area contributed by atoms with Gasteiger partial charge in [0.15, 0.2) is 0 Å². The number of ether oxygens (including phenoxy) is 2. The molecule has 0 aromatic carbocycles. The predicted octanol–water partition coefficient (Wildman–Crippen LogP) is 3.11. The fraction of sp³-hybridized carbons (Fsp3) is 0.667. The summed E-state index contributed by atoms with van der Waals surface area (Å²) < 4.78 is 7.13. The molecule has 2 N–H and O–H groups in total. The van der Waals surface area contributed by atoms with Gasteiger partial charge in [0.2, 0.25) is 4.29 Å².